The number of benzene rings is 1. The maximum absolute atomic E-state index is 13.3. The quantitative estimate of drug-likeness (QED) is 0.482. The number of hydrogen-bond donors (Lipinski definition) is 0. The molecule has 2 aromatic heterocycles. The number of aryl methyl sites for hydroxylation is 1. The van der Waals surface area contributed by atoms with Gasteiger partial charge in [-0.2, -0.15) is 5.10 Å². The number of amides is 1. The molecule has 0 aliphatic carbocycles. The second-order valence-corrected chi connectivity index (χ2v) is 7.26. The van der Waals surface area contributed by atoms with Crippen molar-refractivity contribution in [3.8, 4) is 5.69 Å². The zero-order chi connectivity index (χ0) is 20.4. The van der Waals surface area contributed by atoms with Gasteiger partial charge >= 0.3 is 0 Å². The van der Waals surface area contributed by atoms with Gasteiger partial charge < -0.3 is 9.32 Å². The minimum atomic E-state index is -0.447. The zero-order valence-electron chi connectivity index (χ0n) is 16.2. The molecule has 1 fully saturated rings. The fourth-order valence-electron chi connectivity index (χ4n) is 3.75. The second kappa shape index (κ2) is 7.90. The van der Waals surface area contributed by atoms with Crippen molar-refractivity contribution >= 4 is 11.6 Å². The number of carbonyl (C=O) groups excluding carboxylic acids is 1. The van der Waals surface area contributed by atoms with Gasteiger partial charge in [-0.25, -0.2) is 4.68 Å². The fourth-order valence-corrected chi connectivity index (χ4v) is 3.75. The molecule has 1 atom stereocenters. The Labute approximate surface area is 167 Å². The van der Waals surface area contributed by atoms with Gasteiger partial charge in [0.05, 0.1) is 28.4 Å². The Balaban J connectivity index is 1.58. The lowest BCUT2D eigenvalue weighted by Gasteiger charge is -2.28. The number of aromatic nitrogens is 2. The Bertz CT molecular complexity index is 1020. The molecule has 1 aromatic carbocycles. The van der Waals surface area contributed by atoms with E-state index < -0.39 is 4.92 Å². The Morgan fingerprint density at radius 3 is 2.66 bits per heavy atom. The third-order valence-corrected chi connectivity index (χ3v) is 5.26. The molecule has 0 bridgehead atoms. The van der Waals surface area contributed by atoms with Gasteiger partial charge in [0.1, 0.15) is 11.5 Å². The molecule has 1 aliphatic rings. The highest BCUT2D eigenvalue weighted by molar-refractivity contribution is 5.94. The van der Waals surface area contributed by atoms with Crippen LogP contribution in [0, 0.1) is 17.0 Å². The molecule has 1 aliphatic heterocycles. The molecular formula is C21H22N4O4. The number of hydrogen-bond acceptors (Lipinski definition) is 5. The van der Waals surface area contributed by atoms with Gasteiger partial charge in [-0.1, -0.05) is 12.8 Å². The van der Waals surface area contributed by atoms with Crippen LogP contribution in [0.15, 0.2) is 53.2 Å². The van der Waals surface area contributed by atoms with Gasteiger partial charge in [-0.15, -0.1) is 0 Å². The number of carbonyl (C=O) groups is 1. The maximum atomic E-state index is 13.3. The van der Waals surface area contributed by atoms with Crippen molar-refractivity contribution in [1.29, 1.82) is 0 Å². The van der Waals surface area contributed by atoms with Crippen molar-refractivity contribution in [2.24, 2.45) is 0 Å². The number of likely N-dealkylation sites (tertiary alicyclic amines) is 1. The molecule has 0 saturated carbocycles. The summed E-state index contributed by atoms with van der Waals surface area (Å²) in [5, 5.41) is 15.1. The topological polar surface area (TPSA) is 94.4 Å². The lowest BCUT2D eigenvalue weighted by molar-refractivity contribution is -0.384. The first-order valence-electron chi connectivity index (χ1n) is 9.70. The third-order valence-electron chi connectivity index (χ3n) is 5.26. The highest BCUT2D eigenvalue weighted by Gasteiger charge is 2.30. The molecule has 3 heterocycles. The summed E-state index contributed by atoms with van der Waals surface area (Å²) in [5.74, 6) is 1.57. The van der Waals surface area contributed by atoms with Crippen LogP contribution in [0.25, 0.3) is 5.69 Å². The van der Waals surface area contributed by atoms with Crippen molar-refractivity contribution in [1.82, 2.24) is 14.7 Å². The number of non-ortho nitro benzene ring substituents is 1. The summed E-state index contributed by atoms with van der Waals surface area (Å²) in [4.78, 5) is 25.5. The highest BCUT2D eigenvalue weighted by Crippen LogP contribution is 2.32. The van der Waals surface area contributed by atoms with Crippen LogP contribution in [-0.4, -0.2) is 32.1 Å². The summed E-state index contributed by atoms with van der Waals surface area (Å²) in [7, 11) is 0. The van der Waals surface area contributed by atoms with Gasteiger partial charge in [0.25, 0.3) is 11.6 Å². The van der Waals surface area contributed by atoms with Crippen molar-refractivity contribution in [2.45, 2.75) is 38.6 Å². The van der Waals surface area contributed by atoms with E-state index in [4.69, 9.17) is 4.42 Å². The molecule has 0 radical (unpaired) electrons. The number of nitro benzene ring substituents is 1. The monoisotopic (exact) mass is 394 g/mol. The van der Waals surface area contributed by atoms with Gasteiger partial charge in [-0.05, 0) is 44.0 Å². The smallest absolute Gasteiger partial charge is 0.269 e. The van der Waals surface area contributed by atoms with Crippen LogP contribution >= 0.6 is 0 Å². The molecule has 0 spiro atoms. The fraction of sp³-hybridized carbons (Fsp3) is 0.333. The molecule has 3 aromatic rings. The molecule has 0 N–H and O–H groups in total. The van der Waals surface area contributed by atoms with Gasteiger partial charge in [0.2, 0.25) is 0 Å². The normalized spacial score (nSPS) is 17.1. The second-order valence-electron chi connectivity index (χ2n) is 7.26. The third kappa shape index (κ3) is 3.91. The predicted octanol–water partition coefficient (Wildman–Crippen LogP) is 4.44. The van der Waals surface area contributed by atoms with Crippen LogP contribution < -0.4 is 0 Å². The van der Waals surface area contributed by atoms with Gasteiger partial charge in [0, 0.05) is 24.9 Å². The van der Waals surface area contributed by atoms with Gasteiger partial charge in [-0.3, -0.25) is 14.9 Å². The van der Waals surface area contributed by atoms with E-state index in [1.165, 1.54) is 12.1 Å². The molecule has 29 heavy (non-hydrogen) atoms. The summed E-state index contributed by atoms with van der Waals surface area (Å²) in [6, 6.07) is 9.85. The van der Waals surface area contributed by atoms with Crippen LogP contribution in [0.1, 0.15) is 53.6 Å². The number of furan rings is 1. The number of rotatable bonds is 4. The summed E-state index contributed by atoms with van der Waals surface area (Å²) < 4.78 is 7.39. The van der Waals surface area contributed by atoms with Crippen molar-refractivity contribution < 1.29 is 14.1 Å². The van der Waals surface area contributed by atoms with E-state index in [1.807, 2.05) is 24.0 Å². The first-order valence-corrected chi connectivity index (χ1v) is 9.70. The highest BCUT2D eigenvalue weighted by atomic mass is 16.6. The summed E-state index contributed by atoms with van der Waals surface area (Å²) >= 11 is 0. The van der Waals surface area contributed by atoms with Crippen molar-refractivity contribution in [3.63, 3.8) is 0 Å². The largest absolute Gasteiger partial charge is 0.464 e. The summed E-state index contributed by atoms with van der Waals surface area (Å²) in [5.41, 5.74) is 1.15. The zero-order valence-corrected chi connectivity index (χ0v) is 16.2. The average Bonchev–Trinajstić information content (AvgIpc) is 3.31. The van der Waals surface area contributed by atoms with Crippen molar-refractivity contribution in [3.05, 3.63) is 76.0 Å². The SMILES string of the molecule is Cc1ccc(C2CCCCCN2C(=O)c2cnn(-c3ccc([N+](=O)[O-])cc3)c2)o1. The lowest BCUT2D eigenvalue weighted by Crippen LogP contribution is -2.34. The molecule has 1 unspecified atom stereocenters. The van der Waals surface area contributed by atoms with Crippen LogP contribution in [0.2, 0.25) is 0 Å². The van der Waals surface area contributed by atoms with E-state index >= 15 is 0 Å². The molecule has 8 nitrogen and oxygen atoms in total. The minimum Gasteiger partial charge on any atom is -0.464 e. The van der Waals surface area contributed by atoms with Crippen LogP contribution in [0.3, 0.4) is 0 Å². The van der Waals surface area contributed by atoms with Crippen LogP contribution in [0.4, 0.5) is 5.69 Å². The van der Waals surface area contributed by atoms with E-state index in [0.717, 1.165) is 37.2 Å². The molecule has 1 amide bonds. The van der Waals surface area contributed by atoms with E-state index in [9.17, 15) is 14.9 Å². The molecule has 4 rings (SSSR count). The van der Waals surface area contributed by atoms with Gasteiger partial charge in [0.15, 0.2) is 0 Å². The lowest BCUT2D eigenvalue weighted by atomic mass is 10.1. The first kappa shape index (κ1) is 18.9. The Morgan fingerprint density at radius 2 is 1.97 bits per heavy atom. The number of nitrogens with zero attached hydrogens (tertiary/aromatic N) is 4. The summed E-state index contributed by atoms with van der Waals surface area (Å²) in [6.07, 6.45) is 7.17. The van der Waals surface area contributed by atoms with Crippen molar-refractivity contribution in [2.75, 3.05) is 6.54 Å². The Morgan fingerprint density at radius 1 is 1.17 bits per heavy atom. The van der Waals surface area contributed by atoms with E-state index in [-0.39, 0.29) is 17.6 Å². The molecule has 8 heteroatoms. The minimum absolute atomic E-state index is 0.0124. The first-order chi connectivity index (χ1) is 14.0. The molecule has 1 saturated heterocycles. The summed E-state index contributed by atoms with van der Waals surface area (Å²) in [6.45, 7) is 2.58. The van der Waals surface area contributed by atoms with E-state index in [2.05, 4.69) is 5.10 Å². The molecular weight excluding hydrogens is 372 g/mol. The standard InChI is InChI=1S/C21H22N4O4/c1-15-6-11-20(29-15)19-5-3-2-4-12-23(19)21(26)16-13-22-24(14-16)17-7-9-18(10-8-17)25(27)28/h6-11,13-14,19H,2-5,12H2,1H3. The Kier molecular flexibility index (Phi) is 5.16. The number of nitro groups is 1. The predicted molar refractivity (Wildman–Crippen MR) is 106 cm³/mol. The molecule has 150 valence electrons. The van der Waals surface area contributed by atoms with E-state index in [1.54, 1.807) is 29.2 Å². The van der Waals surface area contributed by atoms with Crippen LogP contribution in [-0.2, 0) is 0 Å². The maximum Gasteiger partial charge on any atom is 0.269 e. The van der Waals surface area contributed by atoms with E-state index in [0.29, 0.717) is 17.8 Å². The Hall–Kier alpha value is -3.42. The average molecular weight is 394 g/mol. The van der Waals surface area contributed by atoms with Crippen LogP contribution in [0.5, 0.6) is 0 Å².